The van der Waals surface area contributed by atoms with Crippen molar-refractivity contribution in [2.75, 3.05) is 0 Å². The molecule has 0 N–H and O–H groups in total. The number of allylic oxidation sites excluding steroid dienone is 2. The third-order valence-electron chi connectivity index (χ3n) is 3.36. The lowest BCUT2D eigenvalue weighted by Crippen LogP contribution is -2.25. The molecule has 1 aliphatic carbocycles. The molecule has 3 heteroatoms. The summed E-state index contributed by atoms with van der Waals surface area (Å²) in [6, 6.07) is 9.93. The molecule has 1 aliphatic rings. The molecule has 1 aromatic carbocycles. The Bertz CT molecular complexity index is 503. The maximum absolute atomic E-state index is 11.9. The highest BCUT2D eigenvalue weighted by Crippen LogP contribution is 2.40. The number of hydrogen-bond acceptors (Lipinski definition) is 2. The molecule has 2 rings (SSSR count). The van der Waals surface area contributed by atoms with Gasteiger partial charge in [0.25, 0.3) is 0 Å². The summed E-state index contributed by atoms with van der Waals surface area (Å²) in [6.45, 7) is 6.09. The van der Waals surface area contributed by atoms with E-state index in [9.17, 15) is 4.79 Å². The third-order valence-corrected chi connectivity index (χ3v) is 3.78. The van der Waals surface area contributed by atoms with Crippen LogP contribution in [0.1, 0.15) is 45.3 Å². The summed E-state index contributed by atoms with van der Waals surface area (Å²) in [5.41, 5.74) is 0.997. The first-order valence-corrected chi connectivity index (χ1v) is 6.90. The van der Waals surface area contributed by atoms with Crippen LogP contribution in [0.5, 0.6) is 0 Å². The van der Waals surface area contributed by atoms with E-state index >= 15 is 0 Å². The van der Waals surface area contributed by atoms with Crippen molar-refractivity contribution in [3.05, 3.63) is 46.7 Å². The Morgan fingerprint density at radius 3 is 2.47 bits per heavy atom. The monoisotopic (exact) mass is 278 g/mol. The van der Waals surface area contributed by atoms with Gasteiger partial charge >= 0.3 is 0 Å². The second-order valence-electron chi connectivity index (χ2n) is 5.85. The number of halogens is 1. The van der Waals surface area contributed by atoms with Crippen molar-refractivity contribution in [3.63, 3.8) is 0 Å². The molecular weight excluding hydrogens is 260 g/mol. The molecule has 19 heavy (non-hydrogen) atoms. The van der Waals surface area contributed by atoms with Gasteiger partial charge in [-0.05, 0) is 17.9 Å². The minimum absolute atomic E-state index is 0.0202. The van der Waals surface area contributed by atoms with E-state index in [0.717, 1.165) is 5.56 Å². The number of Topliss-reactive ketones (excluding diaryl/α,β-unsaturated/α-hetero) is 1. The lowest BCUT2D eigenvalue weighted by Gasteiger charge is -2.31. The van der Waals surface area contributed by atoms with Gasteiger partial charge < -0.3 is 4.74 Å². The topological polar surface area (TPSA) is 26.3 Å². The molecule has 0 heterocycles. The van der Waals surface area contributed by atoms with E-state index in [4.69, 9.17) is 16.3 Å². The van der Waals surface area contributed by atoms with Crippen LogP contribution in [0.25, 0.3) is 0 Å². The number of benzene rings is 1. The maximum Gasteiger partial charge on any atom is 0.178 e. The third kappa shape index (κ3) is 3.38. The minimum atomic E-state index is -0.105. The fraction of sp³-hybridized carbons (Fsp3) is 0.438. The fourth-order valence-corrected chi connectivity index (χ4v) is 2.52. The van der Waals surface area contributed by atoms with Crippen LogP contribution in [-0.2, 0) is 9.53 Å². The molecule has 0 spiro atoms. The summed E-state index contributed by atoms with van der Waals surface area (Å²) in [6.07, 6.45) is 1.08. The molecule has 0 radical (unpaired) electrons. The number of rotatable bonds is 3. The van der Waals surface area contributed by atoms with E-state index in [1.54, 1.807) is 0 Å². The van der Waals surface area contributed by atoms with Gasteiger partial charge in [0.2, 0.25) is 0 Å². The van der Waals surface area contributed by atoms with E-state index in [1.165, 1.54) is 0 Å². The van der Waals surface area contributed by atoms with Gasteiger partial charge in [0, 0.05) is 12.8 Å². The zero-order valence-corrected chi connectivity index (χ0v) is 12.3. The van der Waals surface area contributed by atoms with Gasteiger partial charge in [-0.2, -0.15) is 0 Å². The normalized spacial score (nSPS) is 20.3. The number of carbonyl (C=O) groups excluding carboxylic acids is 1. The number of ether oxygens (including phenoxy) is 1. The first-order valence-electron chi connectivity index (χ1n) is 6.52. The van der Waals surface area contributed by atoms with E-state index in [-0.39, 0.29) is 22.3 Å². The average Bonchev–Trinajstić information content (AvgIpc) is 2.35. The van der Waals surface area contributed by atoms with Crippen LogP contribution in [0, 0.1) is 5.41 Å². The van der Waals surface area contributed by atoms with Crippen LogP contribution in [0.3, 0.4) is 0 Å². The quantitative estimate of drug-likeness (QED) is 0.807. The predicted molar refractivity (Wildman–Crippen MR) is 76.8 cm³/mol. The molecule has 0 bridgehead atoms. The van der Waals surface area contributed by atoms with Gasteiger partial charge in [-0.3, -0.25) is 4.79 Å². The van der Waals surface area contributed by atoms with Crippen LogP contribution in [0.2, 0.25) is 0 Å². The van der Waals surface area contributed by atoms with E-state index < -0.39 is 0 Å². The number of carbonyl (C=O) groups is 1. The summed E-state index contributed by atoms with van der Waals surface area (Å²) in [4.78, 5) is 11.9. The molecule has 0 aromatic heterocycles. The SMILES string of the molecule is CC(OC1=C(Cl)C(=O)CC(C)(C)C1)c1ccccc1. The van der Waals surface area contributed by atoms with Crippen molar-refractivity contribution >= 4 is 17.4 Å². The van der Waals surface area contributed by atoms with Crippen molar-refractivity contribution in [1.29, 1.82) is 0 Å². The molecule has 1 unspecified atom stereocenters. The Morgan fingerprint density at radius 2 is 1.84 bits per heavy atom. The molecule has 1 aromatic rings. The summed E-state index contributed by atoms with van der Waals surface area (Å²) in [7, 11) is 0. The van der Waals surface area contributed by atoms with E-state index in [1.807, 2.05) is 37.3 Å². The standard InChI is InChI=1S/C16H19ClO2/c1-11(12-7-5-4-6-8-12)19-14-10-16(2,3)9-13(18)15(14)17/h4-8,11H,9-10H2,1-3H3. The Morgan fingerprint density at radius 1 is 1.21 bits per heavy atom. The van der Waals surface area contributed by atoms with Crippen molar-refractivity contribution in [2.45, 2.75) is 39.7 Å². The summed E-state index contributed by atoms with van der Waals surface area (Å²) < 4.78 is 5.92. The molecular formula is C16H19ClO2. The predicted octanol–water partition coefficient (Wildman–Crippen LogP) is 4.60. The molecule has 1 atom stereocenters. The minimum Gasteiger partial charge on any atom is -0.489 e. The fourth-order valence-electron chi connectivity index (χ4n) is 2.34. The second kappa shape index (κ2) is 5.38. The molecule has 0 aliphatic heterocycles. The molecule has 102 valence electrons. The van der Waals surface area contributed by atoms with Crippen LogP contribution in [-0.4, -0.2) is 5.78 Å². The molecule has 2 nitrogen and oxygen atoms in total. The number of ketones is 1. The Balaban J connectivity index is 2.18. The highest BCUT2D eigenvalue weighted by atomic mass is 35.5. The van der Waals surface area contributed by atoms with Crippen LogP contribution >= 0.6 is 11.6 Å². The zero-order valence-electron chi connectivity index (χ0n) is 11.6. The van der Waals surface area contributed by atoms with Gasteiger partial charge in [-0.15, -0.1) is 0 Å². The van der Waals surface area contributed by atoms with Gasteiger partial charge in [0.1, 0.15) is 16.9 Å². The van der Waals surface area contributed by atoms with Gasteiger partial charge in [-0.1, -0.05) is 55.8 Å². The van der Waals surface area contributed by atoms with Crippen LogP contribution in [0.15, 0.2) is 41.1 Å². The van der Waals surface area contributed by atoms with Crippen molar-refractivity contribution in [2.24, 2.45) is 5.41 Å². The first kappa shape index (κ1) is 14.1. The van der Waals surface area contributed by atoms with Crippen molar-refractivity contribution < 1.29 is 9.53 Å². The van der Waals surface area contributed by atoms with Crippen LogP contribution < -0.4 is 0 Å². The summed E-state index contributed by atoms with van der Waals surface area (Å²) >= 11 is 6.10. The molecule has 0 amide bonds. The van der Waals surface area contributed by atoms with Gasteiger partial charge in [-0.25, -0.2) is 0 Å². The summed E-state index contributed by atoms with van der Waals surface area (Å²) in [5.74, 6) is 0.604. The maximum atomic E-state index is 11.9. The number of hydrogen-bond donors (Lipinski definition) is 0. The Kier molecular flexibility index (Phi) is 4.00. The summed E-state index contributed by atoms with van der Waals surface area (Å²) in [5, 5.41) is 0.266. The zero-order chi connectivity index (χ0) is 14.0. The average molecular weight is 279 g/mol. The Hall–Kier alpha value is -1.28. The lowest BCUT2D eigenvalue weighted by molar-refractivity contribution is -0.118. The molecule has 0 saturated heterocycles. The van der Waals surface area contributed by atoms with Crippen LogP contribution in [0.4, 0.5) is 0 Å². The smallest absolute Gasteiger partial charge is 0.178 e. The van der Waals surface area contributed by atoms with Crippen molar-refractivity contribution in [1.82, 2.24) is 0 Å². The Labute approximate surface area is 119 Å². The lowest BCUT2D eigenvalue weighted by atomic mass is 9.79. The van der Waals surface area contributed by atoms with E-state index in [0.29, 0.717) is 18.6 Å². The van der Waals surface area contributed by atoms with Gasteiger partial charge in [0.15, 0.2) is 5.78 Å². The molecule has 0 saturated carbocycles. The highest BCUT2D eigenvalue weighted by Gasteiger charge is 2.33. The molecule has 0 fully saturated rings. The van der Waals surface area contributed by atoms with E-state index in [2.05, 4.69) is 13.8 Å². The largest absolute Gasteiger partial charge is 0.489 e. The van der Waals surface area contributed by atoms with Crippen molar-refractivity contribution in [3.8, 4) is 0 Å². The van der Waals surface area contributed by atoms with Gasteiger partial charge in [0.05, 0.1) is 0 Å². The first-order chi connectivity index (χ1) is 8.89. The highest BCUT2D eigenvalue weighted by molar-refractivity contribution is 6.43. The second-order valence-corrected chi connectivity index (χ2v) is 6.23.